The maximum absolute atomic E-state index is 12.9. The Bertz CT molecular complexity index is 448. The van der Waals surface area contributed by atoms with Crippen LogP contribution in [0.2, 0.25) is 0 Å². The van der Waals surface area contributed by atoms with Gasteiger partial charge in [-0.2, -0.15) is 17.0 Å². The molecule has 3 heterocycles. The van der Waals surface area contributed by atoms with Crippen molar-refractivity contribution in [3.63, 3.8) is 0 Å². The number of hydrogen-bond acceptors (Lipinski definition) is 4. The van der Waals surface area contributed by atoms with Crippen LogP contribution in [0.1, 0.15) is 32.1 Å². The molecule has 3 aliphatic rings. The van der Waals surface area contributed by atoms with Crippen LogP contribution in [-0.4, -0.2) is 73.8 Å². The first-order valence-electron chi connectivity index (χ1n) is 8.30. The predicted molar refractivity (Wildman–Crippen MR) is 83.1 cm³/mol. The molecule has 3 rings (SSSR count). The summed E-state index contributed by atoms with van der Waals surface area (Å²) in [6.07, 6.45) is 5.11. The summed E-state index contributed by atoms with van der Waals surface area (Å²) in [7, 11) is -3.28. The van der Waals surface area contributed by atoms with Gasteiger partial charge in [0, 0.05) is 32.2 Å². The van der Waals surface area contributed by atoms with E-state index in [1.54, 1.807) is 8.61 Å². The third-order valence-corrected chi connectivity index (χ3v) is 7.33. The highest BCUT2D eigenvalue weighted by molar-refractivity contribution is 7.86. The van der Waals surface area contributed by atoms with Crippen LogP contribution in [0.25, 0.3) is 0 Å². The van der Waals surface area contributed by atoms with Gasteiger partial charge in [0.15, 0.2) is 0 Å². The Hall–Kier alpha value is -0.210. The summed E-state index contributed by atoms with van der Waals surface area (Å²) < 4.78 is 29.2. The van der Waals surface area contributed by atoms with E-state index in [0.29, 0.717) is 44.7 Å². The molecule has 0 amide bonds. The molecule has 3 saturated heterocycles. The normalized spacial score (nSPS) is 31.2. The van der Waals surface area contributed by atoms with Gasteiger partial charge in [-0.25, -0.2) is 0 Å². The molecule has 0 aromatic rings. The van der Waals surface area contributed by atoms with Crippen LogP contribution >= 0.6 is 0 Å². The van der Waals surface area contributed by atoms with Crippen LogP contribution in [0.3, 0.4) is 0 Å². The molecule has 1 atom stereocenters. The Morgan fingerprint density at radius 3 is 2.33 bits per heavy atom. The minimum atomic E-state index is -3.28. The molecule has 0 aromatic carbocycles. The summed E-state index contributed by atoms with van der Waals surface area (Å²) in [6.45, 7) is 5.48. The summed E-state index contributed by atoms with van der Waals surface area (Å²) in [5.41, 5.74) is 5.70. The van der Waals surface area contributed by atoms with E-state index in [2.05, 4.69) is 4.90 Å². The molecule has 0 spiro atoms. The molecule has 3 aliphatic heterocycles. The molecule has 122 valence electrons. The Labute approximate surface area is 128 Å². The Kier molecular flexibility index (Phi) is 4.85. The molecular weight excluding hydrogens is 288 g/mol. The van der Waals surface area contributed by atoms with Gasteiger partial charge in [0.25, 0.3) is 10.2 Å². The van der Waals surface area contributed by atoms with Crippen LogP contribution in [0.4, 0.5) is 0 Å². The van der Waals surface area contributed by atoms with E-state index in [9.17, 15) is 8.42 Å². The van der Waals surface area contributed by atoms with E-state index in [-0.39, 0.29) is 0 Å². The molecular formula is C14H28N4O2S. The Balaban J connectivity index is 1.66. The Morgan fingerprint density at radius 2 is 1.62 bits per heavy atom. The predicted octanol–water partition coefficient (Wildman–Crippen LogP) is 0.0720. The summed E-state index contributed by atoms with van der Waals surface area (Å²) in [6, 6.07) is 0.434. The molecule has 0 aliphatic carbocycles. The van der Waals surface area contributed by atoms with E-state index in [1.165, 1.54) is 6.42 Å². The van der Waals surface area contributed by atoms with Crippen molar-refractivity contribution in [3.8, 4) is 0 Å². The molecule has 1 unspecified atom stereocenters. The zero-order valence-corrected chi connectivity index (χ0v) is 13.6. The lowest BCUT2D eigenvalue weighted by Gasteiger charge is -2.35. The van der Waals surface area contributed by atoms with Gasteiger partial charge in [0.05, 0.1) is 0 Å². The highest BCUT2D eigenvalue weighted by Gasteiger charge is 2.37. The molecule has 0 radical (unpaired) electrons. The van der Waals surface area contributed by atoms with Crippen molar-refractivity contribution in [2.45, 2.75) is 38.1 Å². The van der Waals surface area contributed by atoms with E-state index in [1.807, 2.05) is 0 Å². The number of nitrogens with zero attached hydrogens (tertiary/aromatic N) is 3. The third-order valence-electron chi connectivity index (χ3n) is 5.33. The minimum absolute atomic E-state index is 0.434. The zero-order chi connectivity index (χ0) is 14.9. The van der Waals surface area contributed by atoms with Crippen molar-refractivity contribution in [1.82, 2.24) is 13.5 Å². The van der Waals surface area contributed by atoms with Gasteiger partial charge in [-0.3, -0.25) is 4.90 Å². The van der Waals surface area contributed by atoms with Gasteiger partial charge in [-0.05, 0) is 57.7 Å². The highest BCUT2D eigenvalue weighted by atomic mass is 32.2. The van der Waals surface area contributed by atoms with Crippen molar-refractivity contribution < 1.29 is 8.42 Å². The molecule has 0 aromatic heterocycles. The Morgan fingerprint density at radius 1 is 0.905 bits per heavy atom. The average molecular weight is 316 g/mol. The smallest absolute Gasteiger partial charge is 0.282 e. The van der Waals surface area contributed by atoms with Crippen molar-refractivity contribution >= 4 is 10.2 Å². The quantitative estimate of drug-likeness (QED) is 0.800. The molecule has 0 bridgehead atoms. The van der Waals surface area contributed by atoms with Crippen molar-refractivity contribution in [3.05, 3.63) is 0 Å². The topological polar surface area (TPSA) is 69.9 Å². The van der Waals surface area contributed by atoms with Crippen molar-refractivity contribution in [1.29, 1.82) is 0 Å². The van der Waals surface area contributed by atoms with Crippen LogP contribution in [0.5, 0.6) is 0 Å². The lowest BCUT2D eigenvalue weighted by molar-refractivity contribution is 0.239. The lowest BCUT2D eigenvalue weighted by atomic mass is 9.99. The first-order chi connectivity index (χ1) is 10.1. The molecule has 6 nitrogen and oxygen atoms in total. The van der Waals surface area contributed by atoms with E-state index in [0.717, 1.165) is 38.8 Å². The van der Waals surface area contributed by atoms with Gasteiger partial charge in [0.1, 0.15) is 0 Å². The number of hydrogen-bond donors (Lipinski definition) is 1. The first kappa shape index (κ1) is 15.7. The molecule has 0 saturated carbocycles. The lowest BCUT2D eigenvalue weighted by Crippen LogP contribution is -2.49. The summed E-state index contributed by atoms with van der Waals surface area (Å²) in [5, 5.41) is 0. The summed E-state index contributed by atoms with van der Waals surface area (Å²) >= 11 is 0. The number of nitrogens with two attached hydrogens (primary N) is 1. The maximum Gasteiger partial charge on any atom is 0.282 e. The average Bonchev–Trinajstić information content (AvgIpc) is 2.84. The fourth-order valence-corrected chi connectivity index (χ4v) is 5.64. The fraction of sp³-hybridized carbons (Fsp3) is 1.00. The van der Waals surface area contributed by atoms with Crippen LogP contribution in [0, 0.1) is 5.92 Å². The van der Waals surface area contributed by atoms with Gasteiger partial charge in [0.2, 0.25) is 0 Å². The van der Waals surface area contributed by atoms with E-state index in [4.69, 9.17) is 5.73 Å². The van der Waals surface area contributed by atoms with Crippen LogP contribution in [0.15, 0.2) is 0 Å². The molecule has 7 heteroatoms. The third kappa shape index (κ3) is 3.27. The van der Waals surface area contributed by atoms with Gasteiger partial charge in [-0.15, -0.1) is 0 Å². The standard InChI is InChI=1S/C14H28N4O2S/c15-11-13-4-9-17(10-5-13)21(19,20)18-8-2-7-16-6-1-3-14(16)12-18/h13-14H,1-12,15H2. The zero-order valence-electron chi connectivity index (χ0n) is 12.8. The largest absolute Gasteiger partial charge is 0.330 e. The second kappa shape index (κ2) is 6.50. The second-order valence-electron chi connectivity index (χ2n) is 6.63. The second-order valence-corrected chi connectivity index (χ2v) is 8.56. The van der Waals surface area contributed by atoms with Crippen LogP contribution in [-0.2, 0) is 10.2 Å². The fourth-order valence-electron chi connectivity index (χ4n) is 3.92. The number of fused-ring (bicyclic) bond motifs is 1. The van der Waals surface area contributed by atoms with E-state index < -0.39 is 10.2 Å². The van der Waals surface area contributed by atoms with Crippen LogP contribution < -0.4 is 5.73 Å². The first-order valence-corrected chi connectivity index (χ1v) is 9.70. The summed E-state index contributed by atoms with van der Waals surface area (Å²) in [4.78, 5) is 2.47. The van der Waals surface area contributed by atoms with Gasteiger partial charge < -0.3 is 5.73 Å². The highest BCUT2D eigenvalue weighted by Crippen LogP contribution is 2.26. The SMILES string of the molecule is NCC1CCN(S(=O)(=O)N2CCCN3CCCC3C2)CC1. The number of rotatable bonds is 3. The van der Waals surface area contributed by atoms with Gasteiger partial charge in [-0.1, -0.05) is 0 Å². The molecule has 21 heavy (non-hydrogen) atoms. The number of piperidine rings is 1. The van der Waals surface area contributed by atoms with E-state index >= 15 is 0 Å². The monoisotopic (exact) mass is 316 g/mol. The summed E-state index contributed by atoms with van der Waals surface area (Å²) in [5.74, 6) is 0.492. The molecule has 3 fully saturated rings. The minimum Gasteiger partial charge on any atom is -0.330 e. The maximum atomic E-state index is 12.9. The van der Waals surface area contributed by atoms with Crippen molar-refractivity contribution in [2.24, 2.45) is 11.7 Å². The van der Waals surface area contributed by atoms with Crippen molar-refractivity contribution in [2.75, 3.05) is 45.8 Å². The molecule has 2 N–H and O–H groups in total. The van der Waals surface area contributed by atoms with Gasteiger partial charge >= 0.3 is 0 Å².